The summed E-state index contributed by atoms with van der Waals surface area (Å²) in [6.45, 7) is 3.67. The van der Waals surface area contributed by atoms with Gasteiger partial charge in [0.15, 0.2) is 5.69 Å². The van der Waals surface area contributed by atoms with Crippen LogP contribution in [0, 0.1) is 6.92 Å². The molecule has 0 aromatic carbocycles. The smallest absolute Gasteiger partial charge is 0.276 e. The molecule has 2 aromatic rings. The van der Waals surface area contributed by atoms with Gasteiger partial charge in [-0.2, -0.15) is 0 Å². The molecule has 2 aromatic heterocycles. The SMILES string of the molecule is Cc1ccc(C(=O)N2C[C@@H](F)C[C@H]2Cn2cc(C(=O)N3CCCC3)nn2)cn1. The highest BCUT2D eigenvalue weighted by atomic mass is 19.1. The number of nitrogens with zero attached hydrogens (tertiary/aromatic N) is 6. The van der Waals surface area contributed by atoms with Crippen LogP contribution in [0.3, 0.4) is 0 Å². The van der Waals surface area contributed by atoms with Gasteiger partial charge in [0, 0.05) is 31.4 Å². The summed E-state index contributed by atoms with van der Waals surface area (Å²) in [5.74, 6) is -0.372. The number of halogens is 1. The zero-order valence-electron chi connectivity index (χ0n) is 15.8. The number of alkyl halides is 1. The zero-order chi connectivity index (χ0) is 19.7. The molecule has 0 unspecified atom stereocenters. The van der Waals surface area contributed by atoms with Crippen LogP contribution in [0.2, 0.25) is 0 Å². The van der Waals surface area contributed by atoms with E-state index in [4.69, 9.17) is 0 Å². The highest BCUT2D eigenvalue weighted by Crippen LogP contribution is 2.24. The molecule has 0 spiro atoms. The van der Waals surface area contributed by atoms with Crippen molar-refractivity contribution < 1.29 is 14.0 Å². The van der Waals surface area contributed by atoms with Gasteiger partial charge in [0.05, 0.1) is 30.9 Å². The minimum absolute atomic E-state index is 0.0473. The number of carbonyl (C=O) groups is 2. The van der Waals surface area contributed by atoms with E-state index >= 15 is 0 Å². The molecule has 2 atom stereocenters. The Balaban J connectivity index is 1.46. The van der Waals surface area contributed by atoms with Crippen LogP contribution < -0.4 is 0 Å². The van der Waals surface area contributed by atoms with E-state index in [0.29, 0.717) is 12.1 Å². The van der Waals surface area contributed by atoms with Gasteiger partial charge in [-0.15, -0.1) is 5.10 Å². The van der Waals surface area contributed by atoms with Crippen molar-refractivity contribution in [3.63, 3.8) is 0 Å². The van der Waals surface area contributed by atoms with Gasteiger partial charge in [0.25, 0.3) is 11.8 Å². The van der Waals surface area contributed by atoms with Gasteiger partial charge >= 0.3 is 0 Å². The third-order valence-corrected chi connectivity index (χ3v) is 5.33. The van der Waals surface area contributed by atoms with Crippen LogP contribution in [0.25, 0.3) is 0 Å². The number of carbonyl (C=O) groups excluding carboxylic acids is 2. The average molecular weight is 386 g/mol. The largest absolute Gasteiger partial charge is 0.337 e. The molecule has 2 fully saturated rings. The van der Waals surface area contributed by atoms with Crippen molar-refractivity contribution in [2.75, 3.05) is 19.6 Å². The topological polar surface area (TPSA) is 84.2 Å². The molecule has 148 valence electrons. The Morgan fingerprint density at radius 1 is 1.21 bits per heavy atom. The number of aryl methyl sites for hydroxylation is 1. The second kappa shape index (κ2) is 7.65. The maximum absolute atomic E-state index is 14.1. The average Bonchev–Trinajstić information content (AvgIpc) is 3.43. The first-order chi connectivity index (χ1) is 13.5. The summed E-state index contributed by atoms with van der Waals surface area (Å²) >= 11 is 0. The van der Waals surface area contributed by atoms with Crippen LogP contribution in [0.5, 0.6) is 0 Å². The van der Waals surface area contributed by atoms with E-state index in [0.717, 1.165) is 31.6 Å². The summed E-state index contributed by atoms with van der Waals surface area (Å²) in [5, 5.41) is 8.00. The van der Waals surface area contributed by atoms with Crippen LogP contribution in [0.15, 0.2) is 24.5 Å². The lowest BCUT2D eigenvalue weighted by atomic mass is 10.2. The summed E-state index contributed by atoms with van der Waals surface area (Å²) in [6.07, 6.45) is 4.27. The fraction of sp³-hybridized carbons (Fsp3) is 0.526. The predicted octanol–water partition coefficient (Wildman–Crippen LogP) is 1.47. The van der Waals surface area contributed by atoms with Crippen LogP contribution in [-0.4, -0.2) is 73.4 Å². The van der Waals surface area contributed by atoms with E-state index in [9.17, 15) is 14.0 Å². The Morgan fingerprint density at radius 3 is 2.71 bits per heavy atom. The van der Waals surface area contributed by atoms with E-state index in [2.05, 4.69) is 15.3 Å². The summed E-state index contributed by atoms with van der Waals surface area (Å²) in [5.41, 5.74) is 1.54. The molecule has 0 N–H and O–H groups in total. The maximum atomic E-state index is 14.1. The van der Waals surface area contributed by atoms with E-state index in [1.165, 1.54) is 15.8 Å². The molecule has 2 aliphatic rings. The van der Waals surface area contributed by atoms with Crippen LogP contribution >= 0.6 is 0 Å². The standard InChI is InChI=1S/C19H23FN6O2/c1-13-4-5-14(9-21-13)18(27)26-10-15(20)8-16(26)11-25-12-17(22-23-25)19(28)24-6-2-3-7-24/h4-5,9,12,15-16H,2-3,6-8,10-11H2,1H3/t15-,16-/m0/s1. The first-order valence-electron chi connectivity index (χ1n) is 9.58. The normalized spacial score (nSPS) is 22.1. The molecule has 9 heteroatoms. The van der Waals surface area contributed by atoms with E-state index < -0.39 is 6.17 Å². The number of aromatic nitrogens is 4. The van der Waals surface area contributed by atoms with Crippen molar-refractivity contribution >= 4 is 11.8 Å². The lowest BCUT2D eigenvalue weighted by Crippen LogP contribution is -2.38. The van der Waals surface area contributed by atoms with Gasteiger partial charge < -0.3 is 9.80 Å². The monoisotopic (exact) mass is 386 g/mol. The molecule has 0 aliphatic carbocycles. The highest BCUT2D eigenvalue weighted by Gasteiger charge is 2.36. The predicted molar refractivity (Wildman–Crippen MR) is 98.5 cm³/mol. The lowest BCUT2D eigenvalue weighted by Gasteiger charge is -2.24. The Bertz CT molecular complexity index is 862. The van der Waals surface area contributed by atoms with Crippen molar-refractivity contribution in [2.24, 2.45) is 0 Å². The zero-order valence-corrected chi connectivity index (χ0v) is 15.8. The van der Waals surface area contributed by atoms with Gasteiger partial charge in [-0.1, -0.05) is 5.21 Å². The summed E-state index contributed by atoms with van der Waals surface area (Å²) in [7, 11) is 0. The van der Waals surface area contributed by atoms with Crippen molar-refractivity contribution in [3.8, 4) is 0 Å². The lowest BCUT2D eigenvalue weighted by molar-refractivity contribution is 0.0713. The van der Waals surface area contributed by atoms with E-state index in [1.54, 1.807) is 23.2 Å². The summed E-state index contributed by atoms with van der Waals surface area (Å²) in [6, 6.07) is 3.12. The van der Waals surface area contributed by atoms with Crippen molar-refractivity contribution in [3.05, 3.63) is 41.5 Å². The summed E-state index contributed by atoms with van der Waals surface area (Å²) < 4.78 is 15.6. The van der Waals surface area contributed by atoms with Gasteiger partial charge in [-0.25, -0.2) is 9.07 Å². The van der Waals surface area contributed by atoms with Crippen molar-refractivity contribution in [1.29, 1.82) is 0 Å². The maximum Gasteiger partial charge on any atom is 0.276 e. The first-order valence-corrected chi connectivity index (χ1v) is 9.58. The van der Waals surface area contributed by atoms with Gasteiger partial charge in [0.1, 0.15) is 6.17 Å². The second-order valence-corrected chi connectivity index (χ2v) is 7.46. The molecule has 0 bridgehead atoms. The van der Waals surface area contributed by atoms with Gasteiger partial charge in [-0.05, 0) is 31.9 Å². The molecule has 4 rings (SSSR count). The highest BCUT2D eigenvalue weighted by molar-refractivity contribution is 5.94. The summed E-state index contributed by atoms with van der Waals surface area (Å²) in [4.78, 5) is 32.7. The molecule has 4 heterocycles. The third-order valence-electron chi connectivity index (χ3n) is 5.33. The Kier molecular flexibility index (Phi) is 5.06. The molecule has 0 radical (unpaired) electrons. The van der Waals surface area contributed by atoms with Crippen LogP contribution in [-0.2, 0) is 6.54 Å². The fourth-order valence-electron chi connectivity index (χ4n) is 3.83. The van der Waals surface area contributed by atoms with Crippen molar-refractivity contribution in [2.45, 2.75) is 44.9 Å². The third kappa shape index (κ3) is 3.74. The molecule has 2 saturated heterocycles. The minimum Gasteiger partial charge on any atom is -0.337 e. The van der Waals surface area contributed by atoms with Crippen LogP contribution in [0.4, 0.5) is 4.39 Å². The molecular weight excluding hydrogens is 363 g/mol. The van der Waals surface area contributed by atoms with Gasteiger partial charge in [-0.3, -0.25) is 14.6 Å². The number of pyridine rings is 1. The molecule has 2 aliphatic heterocycles. The first kappa shape index (κ1) is 18.5. The molecule has 2 amide bonds. The minimum atomic E-state index is -1.08. The van der Waals surface area contributed by atoms with Crippen molar-refractivity contribution in [1.82, 2.24) is 29.8 Å². The quantitative estimate of drug-likeness (QED) is 0.795. The Labute approximate surface area is 162 Å². The number of amides is 2. The van der Waals surface area contributed by atoms with Crippen LogP contribution in [0.1, 0.15) is 45.8 Å². The molecular formula is C19H23FN6O2. The number of likely N-dealkylation sites (tertiary alicyclic amines) is 2. The van der Waals surface area contributed by atoms with E-state index in [1.807, 2.05) is 6.92 Å². The van der Waals surface area contributed by atoms with Gasteiger partial charge in [0.2, 0.25) is 0 Å². The number of hydrogen-bond acceptors (Lipinski definition) is 5. The Hall–Kier alpha value is -2.84. The number of rotatable bonds is 4. The molecule has 28 heavy (non-hydrogen) atoms. The Morgan fingerprint density at radius 2 is 2.00 bits per heavy atom. The second-order valence-electron chi connectivity index (χ2n) is 7.46. The molecule has 8 nitrogen and oxygen atoms in total. The van der Waals surface area contributed by atoms with E-state index in [-0.39, 0.29) is 36.5 Å². The molecule has 0 saturated carbocycles. The number of hydrogen-bond donors (Lipinski definition) is 0. The fourth-order valence-corrected chi connectivity index (χ4v) is 3.83.